The lowest BCUT2D eigenvalue weighted by atomic mass is 10.3. The molecule has 0 radical (unpaired) electrons. The zero-order valence-electron chi connectivity index (χ0n) is 11.2. The highest BCUT2D eigenvalue weighted by atomic mass is 32.2. The molecule has 0 atom stereocenters. The molecule has 0 unspecified atom stereocenters. The third-order valence-corrected chi connectivity index (χ3v) is 3.80. The topological polar surface area (TPSA) is 85.4 Å². The molecule has 1 amide bonds. The summed E-state index contributed by atoms with van der Waals surface area (Å²) in [5.41, 5.74) is -0.154. The van der Waals surface area contributed by atoms with Crippen molar-refractivity contribution in [1.82, 2.24) is 9.71 Å². The Bertz CT molecular complexity index is 807. The van der Waals surface area contributed by atoms with Gasteiger partial charge in [-0.05, 0) is 24.3 Å². The van der Waals surface area contributed by atoms with Gasteiger partial charge in [-0.15, -0.1) is 13.2 Å². The third-order valence-electron chi connectivity index (χ3n) is 2.47. The Morgan fingerprint density at radius 1 is 1.13 bits per heavy atom. The number of ether oxygens (including phenoxy) is 1. The number of nitrogens with zero attached hydrogens (tertiary/aromatic N) is 1. The molecule has 0 aliphatic carbocycles. The molecule has 10 heteroatoms. The maximum absolute atomic E-state index is 12.2. The fourth-order valence-corrected chi connectivity index (χ4v) is 2.56. The number of aromatic nitrogens is 1. The molecule has 6 nitrogen and oxygen atoms in total. The van der Waals surface area contributed by atoms with Gasteiger partial charge in [0.1, 0.15) is 11.4 Å². The van der Waals surface area contributed by atoms with E-state index in [9.17, 15) is 26.4 Å². The number of amides is 1. The second-order valence-electron chi connectivity index (χ2n) is 4.17. The maximum atomic E-state index is 12.2. The van der Waals surface area contributed by atoms with Crippen molar-refractivity contribution in [3.63, 3.8) is 0 Å². The van der Waals surface area contributed by atoms with Crippen LogP contribution in [0.25, 0.3) is 0 Å². The van der Waals surface area contributed by atoms with Gasteiger partial charge in [-0.25, -0.2) is 13.1 Å². The molecule has 2 rings (SSSR count). The van der Waals surface area contributed by atoms with Gasteiger partial charge >= 0.3 is 6.36 Å². The third kappa shape index (κ3) is 4.68. The van der Waals surface area contributed by atoms with E-state index in [4.69, 9.17) is 0 Å². The van der Waals surface area contributed by atoms with Crippen molar-refractivity contribution in [3.8, 4) is 5.75 Å². The van der Waals surface area contributed by atoms with E-state index < -0.39 is 32.9 Å². The van der Waals surface area contributed by atoms with Crippen LogP contribution in [0, 0.1) is 0 Å². The first-order chi connectivity index (χ1) is 10.7. The van der Waals surface area contributed by atoms with Gasteiger partial charge in [-0.2, -0.15) is 0 Å². The summed E-state index contributed by atoms with van der Waals surface area (Å²) in [6.45, 7) is 0. The van der Waals surface area contributed by atoms with E-state index in [-0.39, 0.29) is 5.69 Å². The molecule has 0 aliphatic rings. The maximum Gasteiger partial charge on any atom is 0.573 e. The Hall–Kier alpha value is -2.62. The molecule has 0 spiro atoms. The predicted molar refractivity (Wildman–Crippen MR) is 72.0 cm³/mol. The Morgan fingerprint density at radius 3 is 2.48 bits per heavy atom. The number of nitrogens with one attached hydrogen (secondary N) is 1. The van der Waals surface area contributed by atoms with E-state index >= 15 is 0 Å². The van der Waals surface area contributed by atoms with Gasteiger partial charge in [0.05, 0.1) is 4.90 Å². The van der Waals surface area contributed by atoms with Gasteiger partial charge in [0, 0.05) is 12.3 Å². The quantitative estimate of drug-likeness (QED) is 0.916. The number of carbonyl (C=O) groups is 1. The van der Waals surface area contributed by atoms with Gasteiger partial charge in [-0.3, -0.25) is 9.78 Å². The van der Waals surface area contributed by atoms with Crippen LogP contribution in [-0.4, -0.2) is 25.7 Å². The average Bonchev–Trinajstić information content (AvgIpc) is 2.46. The number of benzene rings is 1. The molecule has 1 N–H and O–H groups in total. The Morgan fingerprint density at radius 2 is 1.87 bits per heavy atom. The van der Waals surface area contributed by atoms with E-state index in [0.29, 0.717) is 6.07 Å². The van der Waals surface area contributed by atoms with E-state index in [2.05, 4.69) is 9.72 Å². The van der Waals surface area contributed by atoms with Crippen LogP contribution < -0.4 is 9.46 Å². The van der Waals surface area contributed by atoms with Crippen molar-refractivity contribution < 1.29 is 31.1 Å². The molecule has 0 saturated heterocycles. The summed E-state index contributed by atoms with van der Waals surface area (Å²) in [6, 6.07) is 7.97. The predicted octanol–water partition coefficient (Wildman–Crippen LogP) is 2.10. The van der Waals surface area contributed by atoms with Gasteiger partial charge in [0.15, 0.2) is 0 Å². The summed E-state index contributed by atoms with van der Waals surface area (Å²) in [5, 5.41) is 0. The first-order valence-corrected chi connectivity index (χ1v) is 7.50. The average molecular weight is 346 g/mol. The zero-order chi connectivity index (χ0) is 17.1. The largest absolute Gasteiger partial charge is 0.573 e. The van der Waals surface area contributed by atoms with Crippen LogP contribution in [0.15, 0.2) is 53.6 Å². The fraction of sp³-hybridized carbons (Fsp3) is 0.0769. The number of rotatable bonds is 4. The Kier molecular flexibility index (Phi) is 4.55. The van der Waals surface area contributed by atoms with Crippen LogP contribution in [0.5, 0.6) is 5.75 Å². The van der Waals surface area contributed by atoms with Gasteiger partial charge in [0.25, 0.3) is 15.9 Å². The van der Waals surface area contributed by atoms with Gasteiger partial charge in [-0.1, -0.05) is 12.1 Å². The molecular weight excluding hydrogens is 337 g/mol. The zero-order valence-corrected chi connectivity index (χ0v) is 12.1. The summed E-state index contributed by atoms with van der Waals surface area (Å²) < 4.78 is 65.9. The highest BCUT2D eigenvalue weighted by Crippen LogP contribution is 2.24. The smallest absolute Gasteiger partial charge is 0.406 e. The monoisotopic (exact) mass is 346 g/mol. The second-order valence-corrected chi connectivity index (χ2v) is 5.85. The molecule has 2 aromatic rings. The number of hydrogen-bond donors (Lipinski definition) is 1. The van der Waals surface area contributed by atoms with Crippen molar-refractivity contribution in [2.24, 2.45) is 0 Å². The van der Waals surface area contributed by atoms with E-state index in [0.717, 1.165) is 18.2 Å². The van der Waals surface area contributed by atoms with Crippen molar-refractivity contribution in [3.05, 3.63) is 54.4 Å². The Balaban J connectivity index is 2.23. The van der Waals surface area contributed by atoms with Crippen molar-refractivity contribution in [1.29, 1.82) is 0 Å². The lowest BCUT2D eigenvalue weighted by molar-refractivity contribution is -0.274. The van der Waals surface area contributed by atoms with Crippen molar-refractivity contribution >= 4 is 15.9 Å². The molecule has 122 valence electrons. The summed E-state index contributed by atoms with van der Waals surface area (Å²) in [5.74, 6) is -1.72. The van der Waals surface area contributed by atoms with Gasteiger partial charge < -0.3 is 4.74 Å². The van der Waals surface area contributed by atoms with Crippen molar-refractivity contribution in [2.45, 2.75) is 11.3 Å². The summed E-state index contributed by atoms with van der Waals surface area (Å²) >= 11 is 0. The summed E-state index contributed by atoms with van der Waals surface area (Å²) in [4.78, 5) is 14.9. The Labute approximate surface area is 129 Å². The van der Waals surface area contributed by atoms with Crippen LogP contribution in [0.3, 0.4) is 0 Å². The first kappa shape index (κ1) is 16.7. The van der Waals surface area contributed by atoms with E-state index in [1.54, 1.807) is 4.72 Å². The highest BCUT2D eigenvalue weighted by molar-refractivity contribution is 7.90. The normalized spacial score (nSPS) is 11.8. The number of alkyl halides is 3. The van der Waals surface area contributed by atoms with Gasteiger partial charge in [0.2, 0.25) is 0 Å². The van der Waals surface area contributed by atoms with Crippen LogP contribution in [0.2, 0.25) is 0 Å². The number of hydrogen-bond acceptors (Lipinski definition) is 5. The second kappa shape index (κ2) is 6.24. The van der Waals surface area contributed by atoms with E-state index in [1.807, 2.05) is 0 Å². The first-order valence-electron chi connectivity index (χ1n) is 6.01. The van der Waals surface area contributed by atoms with Crippen LogP contribution in [-0.2, 0) is 10.0 Å². The SMILES string of the molecule is O=C(NS(=O)(=O)c1cccc(OC(F)(F)F)c1)c1ccccn1. The lowest BCUT2D eigenvalue weighted by Gasteiger charge is -2.11. The standard InChI is InChI=1S/C13H9F3N2O4S/c14-13(15,16)22-9-4-3-5-10(8-9)23(20,21)18-12(19)11-6-1-2-7-17-11/h1-8H,(H,18,19). The molecule has 0 fully saturated rings. The molecule has 1 heterocycles. The molecule has 0 bridgehead atoms. The molecule has 1 aromatic carbocycles. The van der Waals surface area contributed by atoms with Crippen molar-refractivity contribution in [2.75, 3.05) is 0 Å². The molecule has 1 aromatic heterocycles. The minimum atomic E-state index is -4.96. The number of pyridine rings is 1. The van der Waals surface area contributed by atoms with Crippen LogP contribution in [0.4, 0.5) is 13.2 Å². The number of carbonyl (C=O) groups excluding carboxylic acids is 1. The molecule has 0 saturated carbocycles. The minimum Gasteiger partial charge on any atom is -0.406 e. The summed E-state index contributed by atoms with van der Waals surface area (Å²) in [7, 11) is -4.37. The fourth-order valence-electron chi connectivity index (χ4n) is 1.57. The highest BCUT2D eigenvalue weighted by Gasteiger charge is 2.31. The lowest BCUT2D eigenvalue weighted by Crippen LogP contribution is -2.31. The van der Waals surface area contributed by atoms with Crippen LogP contribution in [0.1, 0.15) is 10.5 Å². The van der Waals surface area contributed by atoms with Crippen LogP contribution >= 0.6 is 0 Å². The van der Waals surface area contributed by atoms with E-state index in [1.165, 1.54) is 24.4 Å². The number of sulfonamides is 1. The summed E-state index contributed by atoms with van der Waals surface area (Å²) in [6.07, 6.45) is -3.67. The minimum absolute atomic E-state index is 0.154. The molecule has 0 aliphatic heterocycles. The molecular formula is C13H9F3N2O4S. The molecule has 23 heavy (non-hydrogen) atoms. The number of halogens is 3.